The summed E-state index contributed by atoms with van der Waals surface area (Å²) in [5.41, 5.74) is 2.26. The molecular weight excluding hydrogens is 392 g/mol. The second-order valence-corrected chi connectivity index (χ2v) is 7.56. The summed E-state index contributed by atoms with van der Waals surface area (Å²) in [5, 5.41) is 7.16. The second kappa shape index (κ2) is 10.1. The summed E-state index contributed by atoms with van der Waals surface area (Å²) in [5.74, 6) is 1.64. The molecule has 162 valence electrons. The molecule has 1 aromatic carbocycles. The van der Waals surface area contributed by atoms with Gasteiger partial charge in [-0.25, -0.2) is 14.5 Å². The highest BCUT2D eigenvalue weighted by Gasteiger charge is 2.20. The maximum absolute atomic E-state index is 12.5. The lowest BCUT2D eigenvalue weighted by Gasteiger charge is -2.34. The van der Waals surface area contributed by atoms with Crippen molar-refractivity contribution in [2.45, 2.75) is 13.0 Å². The number of benzene rings is 1. The summed E-state index contributed by atoms with van der Waals surface area (Å²) in [7, 11) is 1.68. The summed E-state index contributed by atoms with van der Waals surface area (Å²) in [6.07, 6.45) is 6.33. The number of carbonyl (C=O) groups excluding carboxylic acids is 1. The van der Waals surface area contributed by atoms with Gasteiger partial charge >= 0.3 is 6.03 Å². The van der Waals surface area contributed by atoms with E-state index in [1.54, 1.807) is 24.2 Å². The molecule has 2 aromatic heterocycles. The Kier molecular flexibility index (Phi) is 6.78. The summed E-state index contributed by atoms with van der Waals surface area (Å²) >= 11 is 0. The molecule has 0 aliphatic carbocycles. The van der Waals surface area contributed by atoms with Gasteiger partial charge in [-0.1, -0.05) is 18.2 Å². The van der Waals surface area contributed by atoms with E-state index in [-0.39, 0.29) is 6.03 Å². The molecule has 8 heteroatoms. The minimum Gasteiger partial charge on any atom is -0.497 e. The molecule has 1 fully saturated rings. The summed E-state index contributed by atoms with van der Waals surface area (Å²) < 4.78 is 6.91. The van der Waals surface area contributed by atoms with Crippen molar-refractivity contribution in [3.8, 4) is 11.6 Å². The van der Waals surface area contributed by atoms with Crippen LogP contribution in [0.1, 0.15) is 11.1 Å². The number of amides is 2. The Hall–Kier alpha value is -3.39. The number of aromatic nitrogens is 3. The molecule has 0 radical (unpaired) electrons. The van der Waals surface area contributed by atoms with Crippen LogP contribution in [0, 0.1) is 0 Å². The van der Waals surface area contributed by atoms with Crippen molar-refractivity contribution < 1.29 is 9.53 Å². The molecule has 1 aliphatic rings. The van der Waals surface area contributed by atoms with E-state index in [0.29, 0.717) is 6.54 Å². The Morgan fingerprint density at radius 3 is 2.48 bits per heavy atom. The molecular formula is C23H28N6O2. The van der Waals surface area contributed by atoms with Gasteiger partial charge in [0.05, 0.1) is 7.11 Å². The van der Waals surface area contributed by atoms with Crippen LogP contribution in [0.2, 0.25) is 0 Å². The predicted molar refractivity (Wildman–Crippen MR) is 118 cm³/mol. The van der Waals surface area contributed by atoms with Crippen molar-refractivity contribution >= 4 is 6.03 Å². The van der Waals surface area contributed by atoms with Crippen LogP contribution in [-0.4, -0.2) is 70.4 Å². The molecule has 31 heavy (non-hydrogen) atoms. The monoisotopic (exact) mass is 420 g/mol. The molecule has 3 aromatic rings. The fourth-order valence-electron chi connectivity index (χ4n) is 3.60. The van der Waals surface area contributed by atoms with E-state index in [1.807, 2.05) is 41.4 Å². The van der Waals surface area contributed by atoms with Gasteiger partial charge in [0.25, 0.3) is 0 Å². The van der Waals surface area contributed by atoms with E-state index < -0.39 is 0 Å². The van der Waals surface area contributed by atoms with E-state index in [2.05, 4.69) is 32.4 Å². The molecule has 0 unspecified atom stereocenters. The number of nitrogens with zero attached hydrogens (tertiary/aromatic N) is 5. The molecule has 0 atom stereocenters. The topological polar surface area (TPSA) is 75.5 Å². The number of pyridine rings is 1. The number of rotatable bonds is 7. The van der Waals surface area contributed by atoms with Crippen LogP contribution < -0.4 is 10.1 Å². The number of hydrogen-bond donors (Lipinski definition) is 1. The lowest BCUT2D eigenvalue weighted by molar-refractivity contribution is 0.140. The molecule has 2 amide bonds. The lowest BCUT2D eigenvalue weighted by atomic mass is 10.1. The molecule has 0 saturated carbocycles. The Morgan fingerprint density at radius 2 is 1.84 bits per heavy atom. The molecule has 1 saturated heterocycles. The predicted octanol–water partition coefficient (Wildman–Crippen LogP) is 2.35. The van der Waals surface area contributed by atoms with E-state index >= 15 is 0 Å². The number of carbonyl (C=O) groups is 1. The minimum absolute atomic E-state index is 0.0223. The first-order valence-corrected chi connectivity index (χ1v) is 10.5. The average molecular weight is 421 g/mol. The van der Waals surface area contributed by atoms with Gasteiger partial charge in [-0.2, -0.15) is 5.10 Å². The van der Waals surface area contributed by atoms with Gasteiger partial charge < -0.3 is 15.0 Å². The quantitative estimate of drug-likeness (QED) is 0.635. The number of methoxy groups -OCH3 is 1. The SMILES string of the molecule is COc1ccc(CCN2CCN(C(=O)NCc3ccc(-n4cccn4)nc3)CC2)cc1. The molecule has 8 nitrogen and oxygen atoms in total. The highest BCUT2D eigenvalue weighted by molar-refractivity contribution is 5.74. The number of urea groups is 1. The van der Waals surface area contributed by atoms with Gasteiger partial charge in [-0.05, 0) is 41.8 Å². The van der Waals surface area contributed by atoms with Crippen LogP contribution in [-0.2, 0) is 13.0 Å². The van der Waals surface area contributed by atoms with Gasteiger partial charge in [0, 0.05) is 57.9 Å². The Morgan fingerprint density at radius 1 is 1.06 bits per heavy atom. The largest absolute Gasteiger partial charge is 0.497 e. The third-order valence-electron chi connectivity index (χ3n) is 5.53. The minimum atomic E-state index is -0.0223. The van der Waals surface area contributed by atoms with Crippen LogP contribution in [0.15, 0.2) is 61.1 Å². The van der Waals surface area contributed by atoms with Crippen LogP contribution in [0.5, 0.6) is 5.75 Å². The maximum atomic E-state index is 12.5. The normalized spacial score (nSPS) is 14.4. The van der Waals surface area contributed by atoms with Crippen LogP contribution in [0.25, 0.3) is 5.82 Å². The zero-order chi connectivity index (χ0) is 21.5. The summed E-state index contributed by atoms with van der Waals surface area (Å²) in [6, 6.07) is 13.9. The van der Waals surface area contributed by atoms with Gasteiger partial charge in [-0.3, -0.25) is 4.90 Å². The van der Waals surface area contributed by atoms with Crippen molar-refractivity contribution in [1.29, 1.82) is 0 Å². The van der Waals surface area contributed by atoms with Crippen molar-refractivity contribution in [1.82, 2.24) is 29.9 Å². The zero-order valence-corrected chi connectivity index (χ0v) is 17.8. The molecule has 1 N–H and O–H groups in total. The molecule has 1 aliphatic heterocycles. The van der Waals surface area contributed by atoms with Crippen molar-refractivity contribution in [2.75, 3.05) is 39.8 Å². The molecule has 3 heterocycles. The Labute approximate surface area is 182 Å². The van der Waals surface area contributed by atoms with Gasteiger partial charge in [0.1, 0.15) is 5.75 Å². The number of nitrogens with one attached hydrogen (secondary N) is 1. The highest BCUT2D eigenvalue weighted by Crippen LogP contribution is 2.13. The zero-order valence-electron chi connectivity index (χ0n) is 17.8. The van der Waals surface area contributed by atoms with Crippen LogP contribution in [0.3, 0.4) is 0 Å². The summed E-state index contributed by atoms with van der Waals surface area (Å²) in [4.78, 5) is 21.2. The first-order chi connectivity index (χ1) is 15.2. The standard InChI is InChI=1S/C23H28N6O2/c1-31-21-6-3-19(4-7-21)9-12-27-13-15-28(16-14-27)23(30)25-18-20-5-8-22(24-17-20)29-11-2-10-26-29/h2-8,10-11,17H,9,12-16,18H2,1H3,(H,25,30). The first kappa shape index (κ1) is 20.9. The summed E-state index contributed by atoms with van der Waals surface area (Å²) in [6.45, 7) is 4.72. The van der Waals surface area contributed by atoms with E-state index in [1.165, 1.54) is 5.56 Å². The van der Waals surface area contributed by atoms with E-state index in [9.17, 15) is 4.79 Å². The molecule has 4 rings (SSSR count). The smallest absolute Gasteiger partial charge is 0.317 e. The Bertz CT molecular complexity index is 949. The first-order valence-electron chi connectivity index (χ1n) is 10.5. The van der Waals surface area contributed by atoms with E-state index in [0.717, 1.165) is 56.3 Å². The second-order valence-electron chi connectivity index (χ2n) is 7.56. The van der Waals surface area contributed by atoms with Crippen molar-refractivity contribution in [2.24, 2.45) is 0 Å². The fourth-order valence-corrected chi connectivity index (χ4v) is 3.60. The van der Waals surface area contributed by atoms with Crippen LogP contribution in [0.4, 0.5) is 4.79 Å². The number of hydrogen-bond acceptors (Lipinski definition) is 5. The third-order valence-corrected chi connectivity index (χ3v) is 5.53. The van der Waals surface area contributed by atoms with Gasteiger partial charge in [0.15, 0.2) is 5.82 Å². The fraction of sp³-hybridized carbons (Fsp3) is 0.348. The van der Waals surface area contributed by atoms with Gasteiger partial charge in [0.2, 0.25) is 0 Å². The number of piperazine rings is 1. The van der Waals surface area contributed by atoms with Crippen molar-refractivity contribution in [3.05, 3.63) is 72.2 Å². The Balaban J connectivity index is 1.17. The molecule has 0 spiro atoms. The van der Waals surface area contributed by atoms with E-state index in [4.69, 9.17) is 4.74 Å². The lowest BCUT2D eigenvalue weighted by Crippen LogP contribution is -2.51. The maximum Gasteiger partial charge on any atom is 0.317 e. The van der Waals surface area contributed by atoms with Gasteiger partial charge in [-0.15, -0.1) is 0 Å². The third kappa shape index (κ3) is 5.61. The van der Waals surface area contributed by atoms with Crippen molar-refractivity contribution in [3.63, 3.8) is 0 Å². The van der Waals surface area contributed by atoms with Crippen LogP contribution >= 0.6 is 0 Å². The average Bonchev–Trinajstić information content (AvgIpc) is 3.37. The number of ether oxygens (including phenoxy) is 1. The highest BCUT2D eigenvalue weighted by atomic mass is 16.5. The molecule has 0 bridgehead atoms.